The SMILES string of the molecule is COC(=O)c1cccc(-c2nc3ccc(C#N)cc3[nH]2)n1. The van der Waals surface area contributed by atoms with Crippen molar-refractivity contribution in [3.05, 3.63) is 47.7 Å². The van der Waals surface area contributed by atoms with Crippen molar-refractivity contribution >= 4 is 17.0 Å². The third kappa shape index (κ3) is 2.32. The Morgan fingerprint density at radius 1 is 1.29 bits per heavy atom. The van der Waals surface area contributed by atoms with Crippen molar-refractivity contribution in [2.45, 2.75) is 0 Å². The van der Waals surface area contributed by atoms with Crippen LogP contribution in [0.2, 0.25) is 0 Å². The third-order valence-corrected chi connectivity index (χ3v) is 3.00. The van der Waals surface area contributed by atoms with Crippen LogP contribution in [-0.2, 0) is 4.74 Å². The maximum Gasteiger partial charge on any atom is 0.356 e. The molecule has 2 heterocycles. The van der Waals surface area contributed by atoms with Crippen LogP contribution in [-0.4, -0.2) is 28.0 Å². The van der Waals surface area contributed by atoms with E-state index in [2.05, 4.69) is 25.8 Å². The largest absolute Gasteiger partial charge is 0.464 e. The van der Waals surface area contributed by atoms with Gasteiger partial charge in [-0.15, -0.1) is 0 Å². The fourth-order valence-electron chi connectivity index (χ4n) is 1.99. The number of nitrogens with one attached hydrogen (secondary N) is 1. The minimum absolute atomic E-state index is 0.216. The van der Waals surface area contributed by atoms with Crippen LogP contribution in [0, 0.1) is 11.3 Å². The first kappa shape index (κ1) is 12.8. The Kier molecular flexibility index (Phi) is 3.09. The molecule has 1 aromatic carbocycles. The third-order valence-electron chi connectivity index (χ3n) is 3.00. The zero-order valence-electron chi connectivity index (χ0n) is 11.1. The Labute approximate surface area is 120 Å². The van der Waals surface area contributed by atoms with Crippen LogP contribution in [0.15, 0.2) is 36.4 Å². The summed E-state index contributed by atoms with van der Waals surface area (Å²) in [7, 11) is 1.31. The van der Waals surface area contributed by atoms with E-state index in [0.29, 0.717) is 17.1 Å². The summed E-state index contributed by atoms with van der Waals surface area (Å²) in [6.07, 6.45) is 0. The minimum atomic E-state index is -0.500. The lowest BCUT2D eigenvalue weighted by Crippen LogP contribution is -2.04. The summed E-state index contributed by atoms with van der Waals surface area (Å²) < 4.78 is 4.65. The summed E-state index contributed by atoms with van der Waals surface area (Å²) in [6.45, 7) is 0. The van der Waals surface area contributed by atoms with Crippen molar-refractivity contribution in [1.82, 2.24) is 15.0 Å². The number of fused-ring (bicyclic) bond motifs is 1. The number of benzene rings is 1. The predicted molar refractivity (Wildman–Crippen MR) is 75.4 cm³/mol. The van der Waals surface area contributed by atoms with Gasteiger partial charge in [-0.3, -0.25) is 0 Å². The lowest BCUT2D eigenvalue weighted by Gasteiger charge is -2.00. The number of esters is 1. The number of imidazole rings is 1. The van der Waals surface area contributed by atoms with Crippen LogP contribution < -0.4 is 0 Å². The molecule has 0 fully saturated rings. The fraction of sp³-hybridized carbons (Fsp3) is 0.0667. The molecule has 0 atom stereocenters. The molecule has 0 amide bonds. The molecule has 102 valence electrons. The molecule has 0 aliphatic rings. The Hall–Kier alpha value is -3.20. The second-order valence-electron chi connectivity index (χ2n) is 4.33. The molecular formula is C15H10N4O2. The Morgan fingerprint density at radius 3 is 2.90 bits per heavy atom. The number of methoxy groups -OCH3 is 1. The van der Waals surface area contributed by atoms with Crippen LogP contribution in [0.3, 0.4) is 0 Å². The topological polar surface area (TPSA) is 91.7 Å². The number of aromatic nitrogens is 3. The number of carbonyl (C=O) groups is 1. The zero-order chi connectivity index (χ0) is 14.8. The highest BCUT2D eigenvalue weighted by Gasteiger charge is 2.11. The smallest absolute Gasteiger partial charge is 0.356 e. The van der Waals surface area contributed by atoms with Crippen LogP contribution in [0.5, 0.6) is 0 Å². The van der Waals surface area contributed by atoms with E-state index in [4.69, 9.17) is 5.26 Å². The van der Waals surface area contributed by atoms with Crippen LogP contribution in [0.25, 0.3) is 22.6 Å². The number of ether oxygens (including phenoxy) is 1. The van der Waals surface area contributed by atoms with E-state index in [0.717, 1.165) is 11.0 Å². The number of hydrogen-bond donors (Lipinski definition) is 1. The Morgan fingerprint density at radius 2 is 2.14 bits per heavy atom. The summed E-state index contributed by atoms with van der Waals surface area (Å²) in [5.41, 5.74) is 2.78. The highest BCUT2D eigenvalue weighted by atomic mass is 16.5. The highest BCUT2D eigenvalue weighted by molar-refractivity contribution is 5.88. The second kappa shape index (κ2) is 5.06. The predicted octanol–water partition coefficient (Wildman–Crippen LogP) is 2.28. The average Bonchev–Trinajstić information content (AvgIpc) is 2.97. The summed E-state index contributed by atoms with van der Waals surface area (Å²) in [6, 6.07) is 12.3. The van der Waals surface area contributed by atoms with Gasteiger partial charge < -0.3 is 9.72 Å². The summed E-state index contributed by atoms with van der Waals surface area (Å²) >= 11 is 0. The molecule has 1 N–H and O–H groups in total. The van der Waals surface area contributed by atoms with Gasteiger partial charge in [-0.25, -0.2) is 14.8 Å². The fourth-order valence-corrected chi connectivity index (χ4v) is 1.99. The van der Waals surface area contributed by atoms with Gasteiger partial charge >= 0.3 is 5.97 Å². The van der Waals surface area contributed by atoms with E-state index in [9.17, 15) is 4.79 Å². The molecule has 0 radical (unpaired) electrons. The lowest BCUT2D eigenvalue weighted by atomic mass is 10.2. The van der Waals surface area contributed by atoms with Gasteiger partial charge in [0.25, 0.3) is 0 Å². The first-order valence-corrected chi connectivity index (χ1v) is 6.17. The number of rotatable bonds is 2. The van der Waals surface area contributed by atoms with E-state index in [-0.39, 0.29) is 5.69 Å². The van der Waals surface area contributed by atoms with E-state index in [1.54, 1.807) is 36.4 Å². The van der Waals surface area contributed by atoms with Crippen molar-refractivity contribution in [2.24, 2.45) is 0 Å². The molecule has 0 aliphatic carbocycles. The number of H-pyrrole nitrogens is 1. The van der Waals surface area contributed by atoms with Crippen molar-refractivity contribution < 1.29 is 9.53 Å². The van der Waals surface area contributed by atoms with Gasteiger partial charge in [0.15, 0.2) is 5.82 Å². The summed E-state index contributed by atoms with van der Waals surface area (Å²) in [5.74, 6) is 0.0329. The van der Waals surface area contributed by atoms with E-state index < -0.39 is 5.97 Å². The summed E-state index contributed by atoms with van der Waals surface area (Å²) in [4.78, 5) is 23.2. The number of pyridine rings is 1. The van der Waals surface area contributed by atoms with Crippen molar-refractivity contribution in [1.29, 1.82) is 5.26 Å². The molecule has 0 bridgehead atoms. The van der Waals surface area contributed by atoms with Crippen molar-refractivity contribution in [2.75, 3.05) is 7.11 Å². The molecule has 0 saturated carbocycles. The number of carbonyl (C=O) groups excluding carboxylic acids is 1. The molecule has 3 aromatic rings. The molecule has 6 heteroatoms. The molecular weight excluding hydrogens is 268 g/mol. The maximum atomic E-state index is 11.5. The van der Waals surface area contributed by atoms with E-state index in [1.165, 1.54) is 7.11 Å². The molecule has 0 aliphatic heterocycles. The van der Waals surface area contributed by atoms with Gasteiger partial charge in [0.2, 0.25) is 0 Å². The van der Waals surface area contributed by atoms with Crippen LogP contribution in [0.4, 0.5) is 0 Å². The molecule has 21 heavy (non-hydrogen) atoms. The highest BCUT2D eigenvalue weighted by Crippen LogP contribution is 2.20. The monoisotopic (exact) mass is 278 g/mol. The van der Waals surface area contributed by atoms with E-state index >= 15 is 0 Å². The standard InChI is InChI=1S/C15H10N4O2/c1-21-15(20)12-4-2-3-11(17-12)14-18-10-6-5-9(8-16)7-13(10)19-14/h2-7H,1H3,(H,18,19). The Bertz CT molecular complexity index is 877. The van der Waals surface area contributed by atoms with Crippen molar-refractivity contribution in [3.8, 4) is 17.6 Å². The van der Waals surface area contributed by atoms with Gasteiger partial charge in [-0.05, 0) is 30.3 Å². The minimum Gasteiger partial charge on any atom is -0.464 e. The van der Waals surface area contributed by atoms with Gasteiger partial charge in [0.1, 0.15) is 11.4 Å². The van der Waals surface area contributed by atoms with Crippen LogP contribution >= 0.6 is 0 Å². The maximum absolute atomic E-state index is 11.5. The second-order valence-corrected chi connectivity index (χ2v) is 4.33. The molecule has 0 saturated heterocycles. The first-order chi connectivity index (χ1) is 10.2. The number of nitrogens with zero attached hydrogens (tertiary/aromatic N) is 3. The molecule has 0 spiro atoms. The number of aromatic amines is 1. The van der Waals surface area contributed by atoms with Crippen molar-refractivity contribution in [3.63, 3.8) is 0 Å². The zero-order valence-corrected chi connectivity index (χ0v) is 11.1. The Balaban J connectivity index is 2.08. The number of nitriles is 1. The summed E-state index contributed by atoms with van der Waals surface area (Å²) in [5, 5.41) is 8.90. The molecule has 2 aromatic heterocycles. The molecule has 0 unspecified atom stereocenters. The molecule has 3 rings (SSSR count). The lowest BCUT2D eigenvalue weighted by molar-refractivity contribution is 0.0594. The van der Waals surface area contributed by atoms with Crippen LogP contribution in [0.1, 0.15) is 16.1 Å². The average molecular weight is 278 g/mol. The normalized spacial score (nSPS) is 10.3. The number of hydrogen-bond acceptors (Lipinski definition) is 5. The van der Waals surface area contributed by atoms with Gasteiger partial charge in [-0.2, -0.15) is 5.26 Å². The van der Waals surface area contributed by atoms with Gasteiger partial charge in [-0.1, -0.05) is 6.07 Å². The van der Waals surface area contributed by atoms with Gasteiger partial charge in [0, 0.05) is 0 Å². The van der Waals surface area contributed by atoms with E-state index in [1.807, 2.05) is 0 Å². The van der Waals surface area contributed by atoms with Gasteiger partial charge in [0.05, 0.1) is 29.8 Å². The first-order valence-electron chi connectivity index (χ1n) is 6.17. The molecule has 6 nitrogen and oxygen atoms in total. The quantitative estimate of drug-likeness (QED) is 0.726.